The molecule has 5 heteroatoms. The molecule has 1 N–H and O–H groups in total. The van der Waals surface area contributed by atoms with Gasteiger partial charge in [-0.15, -0.1) is 11.8 Å². The number of halogens is 1. The Hall–Kier alpha value is -1.07. The van der Waals surface area contributed by atoms with Crippen molar-refractivity contribution < 1.29 is 14.3 Å². The van der Waals surface area contributed by atoms with Crippen LogP contribution in [0.1, 0.15) is 13.3 Å². The van der Waals surface area contributed by atoms with Gasteiger partial charge in [0.1, 0.15) is 5.82 Å². The first-order valence-corrected chi connectivity index (χ1v) is 6.93. The zero-order valence-corrected chi connectivity index (χ0v) is 11.3. The van der Waals surface area contributed by atoms with Crippen molar-refractivity contribution in [2.75, 3.05) is 25.4 Å². The molecular weight excluding hydrogens is 253 g/mol. The van der Waals surface area contributed by atoms with Crippen LogP contribution >= 0.6 is 11.8 Å². The topological polar surface area (TPSA) is 40.5 Å². The highest BCUT2D eigenvalue weighted by atomic mass is 32.2. The number of aliphatic carboxylic acids is 1. The van der Waals surface area contributed by atoms with Crippen LogP contribution in [0.3, 0.4) is 0 Å². The van der Waals surface area contributed by atoms with E-state index >= 15 is 0 Å². The van der Waals surface area contributed by atoms with Gasteiger partial charge < -0.3 is 10.0 Å². The minimum absolute atomic E-state index is 0.176. The Morgan fingerprint density at radius 3 is 2.56 bits per heavy atom. The van der Waals surface area contributed by atoms with Crippen molar-refractivity contribution >= 4 is 17.7 Å². The van der Waals surface area contributed by atoms with Gasteiger partial charge in [0.2, 0.25) is 0 Å². The van der Waals surface area contributed by atoms with Crippen molar-refractivity contribution in [3.05, 3.63) is 30.1 Å². The SMILES string of the molecule is CCN(CCSc1ccc(F)cc1)CCC(=O)O. The lowest BCUT2D eigenvalue weighted by Crippen LogP contribution is -2.28. The molecule has 0 unspecified atom stereocenters. The third-order valence-electron chi connectivity index (χ3n) is 2.58. The molecule has 0 heterocycles. The first-order valence-electron chi connectivity index (χ1n) is 5.94. The van der Waals surface area contributed by atoms with E-state index in [1.54, 1.807) is 23.9 Å². The molecule has 18 heavy (non-hydrogen) atoms. The lowest BCUT2D eigenvalue weighted by Gasteiger charge is -2.18. The molecular formula is C13H18FNO2S. The predicted molar refractivity (Wildman–Crippen MR) is 71.5 cm³/mol. The molecule has 0 bridgehead atoms. The molecule has 1 rings (SSSR count). The van der Waals surface area contributed by atoms with Crippen molar-refractivity contribution in [3.8, 4) is 0 Å². The second-order valence-corrected chi connectivity index (χ2v) is 5.05. The zero-order chi connectivity index (χ0) is 13.4. The second-order valence-electron chi connectivity index (χ2n) is 3.88. The van der Waals surface area contributed by atoms with E-state index in [0.29, 0.717) is 6.54 Å². The Kier molecular flexibility index (Phi) is 6.75. The van der Waals surface area contributed by atoms with Crippen molar-refractivity contribution in [1.82, 2.24) is 4.90 Å². The van der Waals surface area contributed by atoms with Crippen LogP contribution in [-0.4, -0.2) is 41.4 Å². The van der Waals surface area contributed by atoms with E-state index in [1.807, 2.05) is 6.92 Å². The van der Waals surface area contributed by atoms with Gasteiger partial charge in [0.05, 0.1) is 6.42 Å². The smallest absolute Gasteiger partial charge is 0.304 e. The number of hydrogen-bond acceptors (Lipinski definition) is 3. The fourth-order valence-electron chi connectivity index (χ4n) is 1.51. The number of carboxylic acids is 1. The van der Waals surface area contributed by atoms with E-state index < -0.39 is 5.97 Å². The van der Waals surface area contributed by atoms with Gasteiger partial charge in [-0.3, -0.25) is 4.79 Å². The lowest BCUT2D eigenvalue weighted by atomic mass is 10.3. The van der Waals surface area contributed by atoms with Gasteiger partial charge in [-0.2, -0.15) is 0 Å². The molecule has 0 saturated carbocycles. The monoisotopic (exact) mass is 271 g/mol. The van der Waals surface area contributed by atoms with Crippen LogP contribution < -0.4 is 0 Å². The molecule has 0 spiro atoms. The maximum Gasteiger partial charge on any atom is 0.304 e. The number of nitrogens with zero attached hydrogens (tertiary/aromatic N) is 1. The third kappa shape index (κ3) is 6.02. The van der Waals surface area contributed by atoms with Crippen LogP contribution in [0, 0.1) is 5.82 Å². The minimum Gasteiger partial charge on any atom is -0.481 e. The van der Waals surface area contributed by atoms with Crippen molar-refractivity contribution in [2.24, 2.45) is 0 Å². The van der Waals surface area contributed by atoms with Crippen molar-refractivity contribution in [2.45, 2.75) is 18.2 Å². The highest BCUT2D eigenvalue weighted by Crippen LogP contribution is 2.17. The normalized spacial score (nSPS) is 10.8. The fourth-order valence-corrected chi connectivity index (χ4v) is 2.42. The van der Waals surface area contributed by atoms with Crippen LogP contribution in [0.2, 0.25) is 0 Å². The largest absolute Gasteiger partial charge is 0.481 e. The zero-order valence-electron chi connectivity index (χ0n) is 10.4. The summed E-state index contributed by atoms with van der Waals surface area (Å²) in [6.07, 6.45) is 0.176. The van der Waals surface area contributed by atoms with Gasteiger partial charge in [-0.25, -0.2) is 4.39 Å². The van der Waals surface area contributed by atoms with E-state index in [2.05, 4.69) is 4.90 Å². The number of hydrogen-bond donors (Lipinski definition) is 1. The Morgan fingerprint density at radius 2 is 2.00 bits per heavy atom. The Balaban J connectivity index is 2.26. The molecule has 1 aromatic rings. The molecule has 0 atom stereocenters. The summed E-state index contributed by atoms with van der Waals surface area (Å²) >= 11 is 1.65. The van der Waals surface area contributed by atoms with Crippen molar-refractivity contribution in [3.63, 3.8) is 0 Å². The average Bonchev–Trinajstić information content (AvgIpc) is 2.35. The third-order valence-corrected chi connectivity index (χ3v) is 3.57. The molecule has 0 aromatic heterocycles. The summed E-state index contributed by atoms with van der Waals surface area (Å²) in [5.74, 6) is -0.116. The van der Waals surface area contributed by atoms with Crippen molar-refractivity contribution in [1.29, 1.82) is 0 Å². The predicted octanol–water partition coefficient (Wildman–Crippen LogP) is 2.71. The second kappa shape index (κ2) is 8.11. The van der Waals surface area contributed by atoms with E-state index in [0.717, 1.165) is 23.7 Å². The summed E-state index contributed by atoms with van der Waals surface area (Å²) in [6, 6.07) is 6.41. The Bertz CT molecular complexity index is 370. The quantitative estimate of drug-likeness (QED) is 0.738. The summed E-state index contributed by atoms with van der Waals surface area (Å²) in [7, 11) is 0. The first-order chi connectivity index (χ1) is 8.61. The van der Waals surface area contributed by atoms with Gasteiger partial charge in [0.15, 0.2) is 0 Å². The highest BCUT2D eigenvalue weighted by Gasteiger charge is 2.05. The number of benzene rings is 1. The van der Waals surface area contributed by atoms with E-state index in [-0.39, 0.29) is 12.2 Å². The van der Waals surface area contributed by atoms with Crippen LogP contribution in [0.15, 0.2) is 29.2 Å². The van der Waals surface area contributed by atoms with Crippen LogP contribution in [0.4, 0.5) is 4.39 Å². The molecule has 0 aliphatic carbocycles. The van der Waals surface area contributed by atoms with E-state index in [1.165, 1.54) is 12.1 Å². The summed E-state index contributed by atoms with van der Waals surface area (Å²) in [5.41, 5.74) is 0. The van der Waals surface area contributed by atoms with E-state index in [4.69, 9.17) is 5.11 Å². The van der Waals surface area contributed by atoms with Crippen LogP contribution in [-0.2, 0) is 4.79 Å². The average molecular weight is 271 g/mol. The van der Waals surface area contributed by atoms with Gasteiger partial charge in [-0.05, 0) is 30.8 Å². The van der Waals surface area contributed by atoms with Gasteiger partial charge in [0, 0.05) is 23.7 Å². The number of rotatable bonds is 8. The maximum atomic E-state index is 12.7. The molecule has 100 valence electrons. The van der Waals surface area contributed by atoms with Gasteiger partial charge >= 0.3 is 5.97 Å². The molecule has 0 saturated heterocycles. The lowest BCUT2D eigenvalue weighted by molar-refractivity contribution is -0.137. The first kappa shape index (κ1) is 15.0. The van der Waals surface area contributed by atoms with Gasteiger partial charge in [0.25, 0.3) is 0 Å². The maximum absolute atomic E-state index is 12.7. The summed E-state index contributed by atoms with van der Waals surface area (Å²) in [5, 5.41) is 8.62. The Labute approximate surface area is 111 Å². The molecule has 0 aliphatic rings. The molecule has 3 nitrogen and oxygen atoms in total. The number of carbonyl (C=O) groups is 1. The molecule has 0 fully saturated rings. The molecule has 0 radical (unpaired) electrons. The van der Waals surface area contributed by atoms with E-state index in [9.17, 15) is 9.18 Å². The fraction of sp³-hybridized carbons (Fsp3) is 0.462. The summed E-state index contributed by atoms with van der Waals surface area (Å²) < 4.78 is 12.7. The number of carboxylic acid groups (broad SMARTS) is 1. The van der Waals surface area contributed by atoms with Crippen LogP contribution in [0.5, 0.6) is 0 Å². The minimum atomic E-state index is -0.764. The highest BCUT2D eigenvalue weighted by molar-refractivity contribution is 7.99. The Morgan fingerprint density at radius 1 is 1.33 bits per heavy atom. The molecule has 0 aliphatic heterocycles. The standard InChI is InChI=1S/C13H18FNO2S/c1-2-15(8-7-13(16)17)9-10-18-12-5-3-11(14)4-6-12/h3-6H,2,7-10H2,1H3,(H,16,17). The molecule has 0 amide bonds. The van der Waals surface area contributed by atoms with Crippen LogP contribution in [0.25, 0.3) is 0 Å². The summed E-state index contributed by atoms with van der Waals surface area (Å²) in [4.78, 5) is 13.6. The van der Waals surface area contributed by atoms with Gasteiger partial charge in [-0.1, -0.05) is 6.92 Å². The number of thioether (sulfide) groups is 1. The molecule has 1 aromatic carbocycles. The summed E-state index contributed by atoms with van der Waals surface area (Å²) in [6.45, 7) is 4.28.